The van der Waals surface area contributed by atoms with Gasteiger partial charge in [-0.15, -0.1) is 0 Å². The maximum absolute atomic E-state index is 11.6. The van der Waals surface area contributed by atoms with Crippen molar-refractivity contribution in [3.8, 4) is 17.4 Å². The summed E-state index contributed by atoms with van der Waals surface area (Å²) in [6.07, 6.45) is 4.86. The van der Waals surface area contributed by atoms with E-state index in [0.717, 1.165) is 72.8 Å². The Balaban J connectivity index is 1.19. The SMILES string of the molecule is Cc1ccc(CN2CCN(/C(=C/C=O)c3cc(C)c(Oc4ccc(OCCc5ccc(Cl)cc5)cn4)c(Cl)c3)CC2)cc1. The maximum atomic E-state index is 11.6. The molecule has 4 aromatic rings. The van der Waals surface area contributed by atoms with E-state index in [1.807, 2.05) is 49.4 Å². The monoisotopic (exact) mass is 615 g/mol. The van der Waals surface area contributed by atoms with Crippen molar-refractivity contribution in [2.75, 3.05) is 32.8 Å². The smallest absolute Gasteiger partial charge is 0.219 e. The van der Waals surface area contributed by atoms with Gasteiger partial charge in [0.1, 0.15) is 12.0 Å². The normalized spacial score (nSPS) is 14.0. The molecule has 0 spiro atoms. The lowest BCUT2D eigenvalue weighted by molar-refractivity contribution is -0.104. The molecule has 0 saturated carbocycles. The van der Waals surface area contributed by atoms with Gasteiger partial charge in [0, 0.05) is 62.0 Å². The molecule has 43 heavy (non-hydrogen) atoms. The van der Waals surface area contributed by atoms with Crippen LogP contribution < -0.4 is 9.47 Å². The van der Waals surface area contributed by atoms with Gasteiger partial charge in [0.05, 0.1) is 17.8 Å². The van der Waals surface area contributed by atoms with Crippen LogP contribution in [0.5, 0.6) is 17.4 Å². The molecule has 1 fully saturated rings. The highest BCUT2D eigenvalue weighted by Crippen LogP contribution is 2.36. The van der Waals surface area contributed by atoms with Crippen molar-refractivity contribution < 1.29 is 14.3 Å². The molecule has 6 nitrogen and oxygen atoms in total. The number of piperazine rings is 1. The lowest BCUT2D eigenvalue weighted by Gasteiger charge is -2.37. The van der Waals surface area contributed by atoms with E-state index in [0.29, 0.717) is 29.0 Å². The van der Waals surface area contributed by atoms with E-state index in [4.69, 9.17) is 32.7 Å². The molecule has 5 rings (SSSR count). The van der Waals surface area contributed by atoms with Gasteiger partial charge in [-0.25, -0.2) is 4.98 Å². The number of benzene rings is 3. The molecule has 3 aromatic carbocycles. The Bertz CT molecular complexity index is 1520. The first kappa shape index (κ1) is 30.6. The molecule has 0 atom stereocenters. The Morgan fingerprint density at radius 1 is 0.907 bits per heavy atom. The number of hydrogen-bond donors (Lipinski definition) is 0. The van der Waals surface area contributed by atoms with Gasteiger partial charge in [0.2, 0.25) is 5.88 Å². The average molecular weight is 617 g/mol. The lowest BCUT2D eigenvalue weighted by Crippen LogP contribution is -2.45. The quantitative estimate of drug-likeness (QED) is 0.127. The standard InChI is InChI=1S/C35H35Cl2N3O3/c1-25-3-5-28(6-4-25)24-39-15-17-40(18-16-39)33(13-19-41)29-21-26(2)35(32(37)22-29)43-34-12-11-31(23-38-34)42-20-14-27-7-9-30(36)10-8-27/h3-13,19,21-23H,14-18,20,24H2,1-2H3/b33-13+. The number of pyridine rings is 1. The molecular formula is C35H35Cl2N3O3. The third-order valence-corrected chi connectivity index (χ3v) is 8.01. The van der Waals surface area contributed by atoms with Gasteiger partial charge in [-0.05, 0) is 66.4 Å². The van der Waals surface area contributed by atoms with E-state index in [2.05, 4.69) is 46.0 Å². The summed E-state index contributed by atoms with van der Waals surface area (Å²) in [5.41, 5.74) is 6.32. The highest BCUT2D eigenvalue weighted by Gasteiger charge is 2.21. The van der Waals surface area contributed by atoms with E-state index in [9.17, 15) is 4.79 Å². The summed E-state index contributed by atoms with van der Waals surface area (Å²) in [4.78, 5) is 20.7. The molecule has 0 unspecified atom stereocenters. The first-order valence-corrected chi connectivity index (χ1v) is 15.1. The van der Waals surface area contributed by atoms with E-state index in [1.165, 1.54) is 11.1 Å². The van der Waals surface area contributed by atoms with Gasteiger partial charge in [-0.2, -0.15) is 0 Å². The predicted molar refractivity (Wildman–Crippen MR) is 173 cm³/mol. The number of carbonyl (C=O) groups excluding carboxylic acids is 1. The summed E-state index contributed by atoms with van der Waals surface area (Å²) in [5.74, 6) is 1.60. The minimum absolute atomic E-state index is 0.413. The Hall–Kier alpha value is -3.84. The third kappa shape index (κ3) is 8.38. The van der Waals surface area contributed by atoms with Crippen LogP contribution in [0, 0.1) is 13.8 Å². The topological polar surface area (TPSA) is 54.9 Å². The number of aldehydes is 1. The minimum Gasteiger partial charge on any atom is -0.492 e. The molecule has 1 saturated heterocycles. The van der Waals surface area contributed by atoms with Gasteiger partial charge in [0.15, 0.2) is 5.75 Å². The molecule has 0 bridgehead atoms. The van der Waals surface area contributed by atoms with Gasteiger partial charge in [0.25, 0.3) is 0 Å². The highest BCUT2D eigenvalue weighted by molar-refractivity contribution is 6.32. The summed E-state index contributed by atoms with van der Waals surface area (Å²) in [6.45, 7) is 8.94. The van der Waals surface area contributed by atoms with Crippen molar-refractivity contribution in [3.05, 3.63) is 123 Å². The largest absolute Gasteiger partial charge is 0.492 e. The van der Waals surface area contributed by atoms with Gasteiger partial charge in [-0.3, -0.25) is 9.69 Å². The fourth-order valence-corrected chi connectivity index (χ4v) is 5.54. The zero-order valence-corrected chi connectivity index (χ0v) is 25.9. The summed E-state index contributed by atoms with van der Waals surface area (Å²) < 4.78 is 11.9. The number of aryl methyl sites for hydroxylation is 2. The molecule has 2 heterocycles. The van der Waals surface area contributed by atoms with E-state index >= 15 is 0 Å². The second-order valence-corrected chi connectivity index (χ2v) is 11.5. The Labute approximate surface area is 263 Å². The number of carbonyl (C=O) groups is 1. The number of rotatable bonds is 11. The van der Waals surface area contributed by atoms with Crippen molar-refractivity contribution in [1.82, 2.24) is 14.8 Å². The first-order chi connectivity index (χ1) is 20.9. The first-order valence-electron chi connectivity index (χ1n) is 14.4. The molecule has 0 amide bonds. The Morgan fingerprint density at radius 2 is 1.63 bits per heavy atom. The predicted octanol–water partition coefficient (Wildman–Crippen LogP) is 7.78. The fourth-order valence-electron chi connectivity index (χ4n) is 5.11. The highest BCUT2D eigenvalue weighted by atomic mass is 35.5. The molecule has 0 N–H and O–H groups in total. The van der Waals surface area contributed by atoms with Crippen LogP contribution in [-0.4, -0.2) is 53.9 Å². The van der Waals surface area contributed by atoms with Crippen molar-refractivity contribution in [3.63, 3.8) is 0 Å². The van der Waals surface area contributed by atoms with Crippen LogP contribution in [-0.2, 0) is 17.8 Å². The second kappa shape index (κ2) is 14.6. The summed E-state index contributed by atoms with van der Waals surface area (Å²) in [6, 6.07) is 23.9. The molecule has 0 radical (unpaired) electrons. The minimum atomic E-state index is 0.413. The number of ether oxygens (including phenoxy) is 2. The van der Waals surface area contributed by atoms with Crippen LogP contribution in [0.25, 0.3) is 5.70 Å². The fraction of sp³-hybridized carbons (Fsp3) is 0.257. The van der Waals surface area contributed by atoms with Crippen molar-refractivity contribution in [1.29, 1.82) is 0 Å². The molecule has 8 heteroatoms. The molecular weight excluding hydrogens is 581 g/mol. The Kier molecular flexibility index (Phi) is 10.4. The van der Waals surface area contributed by atoms with Crippen LogP contribution in [0.2, 0.25) is 10.0 Å². The maximum Gasteiger partial charge on any atom is 0.219 e. The number of hydrogen-bond acceptors (Lipinski definition) is 6. The van der Waals surface area contributed by atoms with E-state index < -0.39 is 0 Å². The zero-order chi connectivity index (χ0) is 30.2. The zero-order valence-electron chi connectivity index (χ0n) is 24.4. The summed E-state index contributed by atoms with van der Waals surface area (Å²) in [5, 5.41) is 1.17. The lowest BCUT2D eigenvalue weighted by atomic mass is 10.1. The second-order valence-electron chi connectivity index (χ2n) is 10.7. The average Bonchev–Trinajstić information content (AvgIpc) is 3.01. The van der Waals surface area contributed by atoms with Crippen molar-refractivity contribution in [2.45, 2.75) is 26.8 Å². The third-order valence-electron chi connectivity index (χ3n) is 7.48. The molecule has 1 aliphatic heterocycles. The van der Waals surface area contributed by atoms with Gasteiger partial charge >= 0.3 is 0 Å². The van der Waals surface area contributed by atoms with Gasteiger partial charge in [-0.1, -0.05) is 65.2 Å². The number of aromatic nitrogens is 1. The van der Waals surface area contributed by atoms with Crippen LogP contribution in [0.3, 0.4) is 0 Å². The molecule has 222 valence electrons. The van der Waals surface area contributed by atoms with E-state index in [-0.39, 0.29) is 0 Å². The van der Waals surface area contributed by atoms with E-state index in [1.54, 1.807) is 18.3 Å². The van der Waals surface area contributed by atoms with Crippen LogP contribution in [0.1, 0.15) is 27.8 Å². The van der Waals surface area contributed by atoms with Crippen molar-refractivity contribution in [2.24, 2.45) is 0 Å². The summed E-state index contributed by atoms with van der Waals surface area (Å²) in [7, 11) is 0. The summed E-state index contributed by atoms with van der Waals surface area (Å²) >= 11 is 12.7. The molecule has 0 aliphatic carbocycles. The Morgan fingerprint density at radius 3 is 2.28 bits per heavy atom. The molecule has 1 aromatic heterocycles. The van der Waals surface area contributed by atoms with Crippen LogP contribution in [0.4, 0.5) is 0 Å². The van der Waals surface area contributed by atoms with Crippen LogP contribution >= 0.6 is 23.2 Å². The van der Waals surface area contributed by atoms with Crippen molar-refractivity contribution >= 4 is 35.2 Å². The number of nitrogens with zero attached hydrogens (tertiary/aromatic N) is 3. The van der Waals surface area contributed by atoms with Crippen LogP contribution in [0.15, 0.2) is 85.1 Å². The molecule has 1 aliphatic rings. The number of allylic oxidation sites excluding steroid dienone is 1. The number of halogens is 2. The van der Waals surface area contributed by atoms with Gasteiger partial charge < -0.3 is 14.4 Å².